The molecule has 0 spiro atoms. The number of ether oxygens (including phenoxy) is 1. The van der Waals surface area contributed by atoms with Crippen LogP contribution in [0, 0.1) is 5.92 Å². The normalized spacial score (nSPS) is 18.0. The highest BCUT2D eigenvalue weighted by molar-refractivity contribution is 5.53. The average Bonchev–Trinajstić information content (AvgIpc) is 2.78. The third kappa shape index (κ3) is 5.24. The van der Waals surface area contributed by atoms with Crippen LogP contribution in [0.1, 0.15) is 31.6 Å². The zero-order valence-corrected chi connectivity index (χ0v) is 17.2. The molecular formula is C23H28N6O. The fourth-order valence-electron chi connectivity index (χ4n) is 3.78. The van der Waals surface area contributed by atoms with Gasteiger partial charge in [0.25, 0.3) is 0 Å². The molecule has 1 fully saturated rings. The van der Waals surface area contributed by atoms with Gasteiger partial charge in [0.15, 0.2) is 5.82 Å². The molecule has 1 aliphatic rings. The van der Waals surface area contributed by atoms with Crippen molar-refractivity contribution in [3.05, 3.63) is 66.5 Å². The lowest BCUT2D eigenvalue weighted by Gasteiger charge is -2.36. The summed E-state index contributed by atoms with van der Waals surface area (Å²) in [6.45, 7) is 4.80. The number of benzene rings is 2. The lowest BCUT2D eigenvalue weighted by molar-refractivity contribution is 0.0976. The maximum Gasteiger partial charge on any atom is 0.232 e. The Morgan fingerprint density at radius 2 is 1.80 bits per heavy atom. The number of nitrogen functional groups attached to an aromatic ring is 1. The van der Waals surface area contributed by atoms with Crippen molar-refractivity contribution in [2.45, 2.75) is 25.8 Å². The van der Waals surface area contributed by atoms with E-state index in [-0.39, 0.29) is 12.0 Å². The van der Waals surface area contributed by atoms with Gasteiger partial charge in [-0.2, -0.15) is 15.0 Å². The van der Waals surface area contributed by atoms with E-state index in [9.17, 15) is 0 Å². The second kappa shape index (κ2) is 9.54. The number of nitrogens with two attached hydrogens (primary N) is 1. The second-order valence-electron chi connectivity index (χ2n) is 7.67. The maximum absolute atomic E-state index is 5.99. The van der Waals surface area contributed by atoms with E-state index >= 15 is 0 Å². The Bertz CT molecular complexity index is 937. The van der Waals surface area contributed by atoms with Gasteiger partial charge in [-0.05, 0) is 50.6 Å². The van der Waals surface area contributed by atoms with Gasteiger partial charge in [0.05, 0.1) is 12.6 Å². The minimum absolute atomic E-state index is 0.0474. The van der Waals surface area contributed by atoms with Gasteiger partial charge in [0, 0.05) is 18.2 Å². The first-order chi connectivity index (χ1) is 14.7. The predicted octanol–water partition coefficient (Wildman–Crippen LogP) is 4.05. The fraction of sp³-hybridized carbons (Fsp3) is 0.348. The lowest BCUT2D eigenvalue weighted by atomic mass is 9.97. The SMILES string of the molecule is CC(c1nc(N)nc(Nc2ccccc2)n1)N1CCCC(COc2ccccc2)C1. The number of anilines is 3. The first-order valence-electron chi connectivity index (χ1n) is 10.4. The molecule has 156 valence electrons. The Labute approximate surface area is 177 Å². The molecule has 1 aromatic heterocycles. The van der Waals surface area contributed by atoms with Crippen LogP contribution in [0.15, 0.2) is 60.7 Å². The molecule has 0 radical (unpaired) electrons. The van der Waals surface area contributed by atoms with Gasteiger partial charge in [0.1, 0.15) is 5.75 Å². The number of hydrogen-bond donors (Lipinski definition) is 2. The van der Waals surface area contributed by atoms with Gasteiger partial charge < -0.3 is 15.8 Å². The van der Waals surface area contributed by atoms with E-state index in [0.29, 0.717) is 24.3 Å². The van der Waals surface area contributed by atoms with E-state index in [1.165, 1.54) is 0 Å². The number of rotatable bonds is 7. The minimum Gasteiger partial charge on any atom is -0.493 e. The molecular weight excluding hydrogens is 376 g/mol. The quantitative estimate of drug-likeness (QED) is 0.614. The molecule has 1 saturated heterocycles. The molecule has 0 amide bonds. The number of nitrogens with one attached hydrogen (secondary N) is 1. The van der Waals surface area contributed by atoms with Crippen molar-refractivity contribution in [1.29, 1.82) is 0 Å². The fourth-order valence-corrected chi connectivity index (χ4v) is 3.78. The van der Waals surface area contributed by atoms with E-state index < -0.39 is 0 Å². The van der Waals surface area contributed by atoms with Crippen LogP contribution < -0.4 is 15.8 Å². The van der Waals surface area contributed by atoms with Crippen LogP contribution in [-0.4, -0.2) is 39.5 Å². The van der Waals surface area contributed by atoms with E-state index in [2.05, 4.69) is 32.1 Å². The first-order valence-corrected chi connectivity index (χ1v) is 10.4. The molecule has 3 N–H and O–H groups in total. The molecule has 0 aliphatic carbocycles. The van der Waals surface area contributed by atoms with Crippen LogP contribution in [-0.2, 0) is 0 Å². The van der Waals surface area contributed by atoms with Gasteiger partial charge in [0.2, 0.25) is 11.9 Å². The van der Waals surface area contributed by atoms with E-state index in [1.54, 1.807) is 0 Å². The number of para-hydroxylation sites is 2. The molecule has 2 heterocycles. The molecule has 2 unspecified atom stereocenters. The summed E-state index contributed by atoms with van der Waals surface area (Å²) in [6.07, 6.45) is 2.29. The molecule has 3 aromatic rings. The summed E-state index contributed by atoms with van der Waals surface area (Å²) in [5, 5.41) is 3.21. The van der Waals surface area contributed by atoms with Crippen molar-refractivity contribution in [3.8, 4) is 5.75 Å². The van der Waals surface area contributed by atoms with Gasteiger partial charge >= 0.3 is 0 Å². The van der Waals surface area contributed by atoms with E-state index in [1.807, 2.05) is 60.7 Å². The van der Waals surface area contributed by atoms with Crippen molar-refractivity contribution in [3.63, 3.8) is 0 Å². The standard InChI is InChI=1S/C23H28N6O/c1-17(21-26-22(24)28-23(27-21)25-19-10-4-2-5-11-19)29-14-8-9-18(15-29)16-30-20-12-6-3-7-13-20/h2-7,10-13,17-18H,8-9,14-16H2,1H3,(H3,24,25,26,27,28). The maximum atomic E-state index is 5.99. The molecule has 0 saturated carbocycles. The molecule has 4 rings (SSSR count). The van der Waals surface area contributed by atoms with Crippen molar-refractivity contribution < 1.29 is 4.74 Å². The third-order valence-corrected chi connectivity index (χ3v) is 5.40. The van der Waals surface area contributed by atoms with Crippen LogP contribution in [0.4, 0.5) is 17.6 Å². The lowest BCUT2D eigenvalue weighted by Crippen LogP contribution is -2.39. The van der Waals surface area contributed by atoms with Gasteiger partial charge in [-0.1, -0.05) is 36.4 Å². The van der Waals surface area contributed by atoms with Gasteiger partial charge in [-0.25, -0.2) is 0 Å². The second-order valence-corrected chi connectivity index (χ2v) is 7.67. The summed E-state index contributed by atoms with van der Waals surface area (Å²) < 4.78 is 5.99. The zero-order chi connectivity index (χ0) is 20.8. The summed E-state index contributed by atoms with van der Waals surface area (Å²) in [5.41, 5.74) is 6.89. The third-order valence-electron chi connectivity index (χ3n) is 5.40. The molecule has 30 heavy (non-hydrogen) atoms. The largest absolute Gasteiger partial charge is 0.493 e. The Balaban J connectivity index is 1.41. The number of nitrogens with zero attached hydrogens (tertiary/aromatic N) is 4. The highest BCUT2D eigenvalue weighted by Gasteiger charge is 2.27. The summed E-state index contributed by atoms with van der Waals surface area (Å²) >= 11 is 0. The van der Waals surface area contributed by atoms with Gasteiger partial charge in [-0.15, -0.1) is 0 Å². The zero-order valence-electron chi connectivity index (χ0n) is 17.2. The van der Waals surface area contributed by atoms with Crippen LogP contribution in [0.25, 0.3) is 0 Å². The first kappa shape index (κ1) is 20.1. The molecule has 2 atom stereocenters. The van der Waals surface area contributed by atoms with Crippen molar-refractivity contribution >= 4 is 17.6 Å². The van der Waals surface area contributed by atoms with Crippen LogP contribution in [0.3, 0.4) is 0 Å². The van der Waals surface area contributed by atoms with Crippen LogP contribution in [0.5, 0.6) is 5.75 Å². The van der Waals surface area contributed by atoms with Crippen LogP contribution in [0.2, 0.25) is 0 Å². The Kier molecular flexibility index (Phi) is 6.39. The molecule has 1 aliphatic heterocycles. The van der Waals surface area contributed by atoms with E-state index in [0.717, 1.165) is 37.4 Å². The topological polar surface area (TPSA) is 89.2 Å². The number of hydrogen-bond acceptors (Lipinski definition) is 7. The monoisotopic (exact) mass is 404 g/mol. The van der Waals surface area contributed by atoms with E-state index in [4.69, 9.17) is 10.5 Å². The molecule has 7 nitrogen and oxygen atoms in total. The highest BCUT2D eigenvalue weighted by Crippen LogP contribution is 2.26. The highest BCUT2D eigenvalue weighted by atomic mass is 16.5. The predicted molar refractivity (Wildman–Crippen MR) is 119 cm³/mol. The molecule has 0 bridgehead atoms. The minimum atomic E-state index is 0.0474. The van der Waals surface area contributed by atoms with Crippen molar-refractivity contribution in [2.75, 3.05) is 30.7 Å². The molecule has 7 heteroatoms. The van der Waals surface area contributed by atoms with Gasteiger partial charge in [-0.3, -0.25) is 4.90 Å². The average molecular weight is 405 g/mol. The Morgan fingerprint density at radius 1 is 1.07 bits per heavy atom. The smallest absolute Gasteiger partial charge is 0.232 e. The summed E-state index contributed by atoms with van der Waals surface area (Å²) in [7, 11) is 0. The van der Waals surface area contributed by atoms with Crippen molar-refractivity contribution in [1.82, 2.24) is 19.9 Å². The Morgan fingerprint density at radius 3 is 2.57 bits per heavy atom. The van der Waals surface area contributed by atoms with Crippen molar-refractivity contribution in [2.24, 2.45) is 5.92 Å². The summed E-state index contributed by atoms with van der Waals surface area (Å²) in [6, 6.07) is 19.8. The summed E-state index contributed by atoms with van der Waals surface area (Å²) in [5.74, 6) is 2.78. The number of aromatic nitrogens is 3. The number of likely N-dealkylation sites (tertiary alicyclic amines) is 1. The van der Waals surface area contributed by atoms with Crippen LogP contribution >= 0.6 is 0 Å². The number of piperidine rings is 1. The summed E-state index contributed by atoms with van der Waals surface area (Å²) in [4.78, 5) is 15.7. The Hall–Kier alpha value is -3.19. The molecule has 2 aromatic carbocycles.